The molecule has 0 aromatic rings. The Bertz CT molecular complexity index is 877. The first-order valence-corrected chi connectivity index (χ1v) is 19.0. The highest BCUT2D eigenvalue weighted by Gasteiger charge is 2.38. The number of guanidine groups is 1. The van der Waals surface area contributed by atoms with Crippen LogP contribution in [-0.4, -0.2) is 73.1 Å². The maximum Gasteiger partial charge on any atom is 0.510 e. The average molecular weight is 696 g/mol. The molecule has 0 amide bonds. The molecule has 47 heavy (non-hydrogen) atoms. The summed E-state index contributed by atoms with van der Waals surface area (Å²) in [6.45, 7) is 9.76. The van der Waals surface area contributed by atoms with Gasteiger partial charge >= 0.3 is 26.0 Å². The zero-order chi connectivity index (χ0) is 35.5. The molecule has 3 N–H and O–H groups in total. The third-order valence-electron chi connectivity index (χ3n) is 7.19. The predicted octanol–water partition coefficient (Wildman–Crippen LogP) is 8.73. The van der Waals surface area contributed by atoms with E-state index in [9.17, 15) is 24.1 Å². The van der Waals surface area contributed by atoms with E-state index in [0.29, 0.717) is 25.7 Å². The highest BCUT2D eigenvalue weighted by atomic mass is 31.2. The van der Waals surface area contributed by atoms with E-state index in [2.05, 4.69) is 18.9 Å². The smallest absolute Gasteiger partial charge is 0.480 e. The summed E-state index contributed by atoms with van der Waals surface area (Å²) >= 11 is 0. The number of nitrogens with one attached hydrogen (secondary N) is 2. The molecule has 15 heteroatoms. The van der Waals surface area contributed by atoms with Crippen LogP contribution < -0.4 is 5.09 Å². The van der Waals surface area contributed by atoms with Crippen LogP contribution in [0.4, 0.5) is 9.59 Å². The molecule has 0 aliphatic carbocycles. The SMILES string of the molecule is CCCCCCCCOC(=O)OC(CCC)OP(=O)(NC(=N)N(C)C(CC)C(=O)O)OC(CCC)OC(=O)OCCCCCCCC. The number of carboxylic acid groups (broad SMARTS) is 1. The quantitative estimate of drug-likeness (QED) is 0.0176. The summed E-state index contributed by atoms with van der Waals surface area (Å²) < 4.78 is 46.5. The van der Waals surface area contributed by atoms with Crippen molar-refractivity contribution in [3.8, 4) is 0 Å². The average Bonchev–Trinajstić information content (AvgIpc) is 3.00. The molecule has 0 heterocycles. The van der Waals surface area contributed by atoms with E-state index in [4.69, 9.17) is 33.4 Å². The highest BCUT2D eigenvalue weighted by molar-refractivity contribution is 7.52. The number of aliphatic carboxylic acids is 1. The number of ether oxygens (including phenoxy) is 4. The number of hydrogen-bond donors (Lipinski definition) is 3. The van der Waals surface area contributed by atoms with Gasteiger partial charge in [0.2, 0.25) is 18.5 Å². The topological polar surface area (TPSA) is 183 Å². The molecule has 0 aromatic heterocycles. The van der Waals surface area contributed by atoms with Crippen molar-refractivity contribution in [3.05, 3.63) is 0 Å². The van der Waals surface area contributed by atoms with Crippen molar-refractivity contribution in [3.63, 3.8) is 0 Å². The summed E-state index contributed by atoms with van der Waals surface area (Å²) in [5.41, 5.74) is 0. The van der Waals surface area contributed by atoms with E-state index in [0.717, 1.165) is 69.1 Å². The number of carboxylic acids is 1. The van der Waals surface area contributed by atoms with E-state index >= 15 is 0 Å². The summed E-state index contributed by atoms with van der Waals surface area (Å²) in [4.78, 5) is 37.7. The lowest BCUT2D eigenvalue weighted by Crippen LogP contribution is -2.47. The van der Waals surface area contributed by atoms with Crippen LogP contribution in [0.25, 0.3) is 0 Å². The summed E-state index contributed by atoms with van der Waals surface area (Å²) in [5.74, 6) is -1.79. The van der Waals surface area contributed by atoms with Crippen molar-refractivity contribution >= 4 is 32.0 Å². The van der Waals surface area contributed by atoms with Crippen LogP contribution in [0.1, 0.15) is 144 Å². The molecular weight excluding hydrogens is 633 g/mol. The van der Waals surface area contributed by atoms with Crippen LogP contribution >= 0.6 is 7.75 Å². The standard InChI is InChI=1S/C32H62N3O11P/c1-7-12-14-16-18-20-24-41-31(38)43-27(22-9-3)45-47(40,34-30(33)35(6)26(11-5)29(36)37)46-28(23-10-4)44-32(39)42-25-21-19-17-15-13-8-2/h26-28H,7-25H2,1-6H3,(H,36,37)(H2,33,34,40). The normalized spacial score (nSPS) is 14.3. The Morgan fingerprint density at radius 2 is 1.11 bits per heavy atom. The molecule has 0 radical (unpaired) electrons. The molecule has 0 bridgehead atoms. The van der Waals surface area contributed by atoms with Gasteiger partial charge in [-0.3, -0.25) is 19.5 Å². The van der Waals surface area contributed by atoms with Gasteiger partial charge in [-0.05, 0) is 19.3 Å². The summed E-state index contributed by atoms with van der Waals surface area (Å²) in [6.07, 6.45) is 8.36. The van der Waals surface area contributed by atoms with Crippen molar-refractivity contribution in [2.45, 2.75) is 162 Å². The van der Waals surface area contributed by atoms with Gasteiger partial charge in [0.15, 0.2) is 0 Å². The summed E-state index contributed by atoms with van der Waals surface area (Å²) in [7, 11) is -3.33. The third-order valence-corrected chi connectivity index (χ3v) is 8.70. The fourth-order valence-electron chi connectivity index (χ4n) is 4.46. The molecular formula is C32H62N3O11P. The van der Waals surface area contributed by atoms with Gasteiger partial charge in [0.1, 0.15) is 6.04 Å². The Labute approximate surface area is 282 Å². The fourth-order valence-corrected chi connectivity index (χ4v) is 5.95. The number of rotatable bonds is 28. The van der Waals surface area contributed by atoms with Gasteiger partial charge in [-0.15, -0.1) is 0 Å². The van der Waals surface area contributed by atoms with Crippen molar-refractivity contribution in [2.24, 2.45) is 0 Å². The van der Waals surface area contributed by atoms with Crippen molar-refractivity contribution in [2.75, 3.05) is 20.3 Å². The number of carbonyl (C=O) groups excluding carboxylic acids is 2. The van der Waals surface area contributed by atoms with Crippen LogP contribution in [0.2, 0.25) is 0 Å². The molecule has 0 saturated heterocycles. The Balaban J connectivity index is 5.67. The molecule has 0 spiro atoms. The van der Waals surface area contributed by atoms with Gasteiger partial charge in [0.25, 0.3) is 0 Å². The molecule has 276 valence electrons. The van der Waals surface area contributed by atoms with Crippen LogP contribution in [0, 0.1) is 5.41 Å². The molecule has 14 nitrogen and oxygen atoms in total. The highest BCUT2D eigenvalue weighted by Crippen LogP contribution is 2.48. The predicted molar refractivity (Wildman–Crippen MR) is 179 cm³/mol. The van der Waals surface area contributed by atoms with Crippen molar-refractivity contribution < 1.29 is 52.1 Å². The number of hydrogen-bond acceptors (Lipinski definition) is 11. The molecule has 0 aromatic carbocycles. The largest absolute Gasteiger partial charge is 0.510 e. The maximum atomic E-state index is 14.2. The molecule has 0 fully saturated rings. The second kappa shape index (κ2) is 27.4. The zero-order valence-corrected chi connectivity index (χ0v) is 30.5. The second-order valence-corrected chi connectivity index (χ2v) is 13.1. The lowest BCUT2D eigenvalue weighted by molar-refractivity contribution is -0.141. The van der Waals surface area contributed by atoms with E-state index < -0.39 is 50.6 Å². The van der Waals surface area contributed by atoms with Crippen LogP contribution in [0.15, 0.2) is 0 Å². The third kappa shape index (κ3) is 21.8. The molecule has 3 atom stereocenters. The van der Waals surface area contributed by atoms with Gasteiger partial charge in [0, 0.05) is 19.9 Å². The minimum absolute atomic E-state index is 0.0939. The zero-order valence-electron chi connectivity index (χ0n) is 29.6. The van der Waals surface area contributed by atoms with Crippen LogP contribution in [0.3, 0.4) is 0 Å². The lowest BCUT2D eigenvalue weighted by Gasteiger charge is -2.31. The fraction of sp³-hybridized carbons (Fsp3) is 0.875. The van der Waals surface area contributed by atoms with Crippen LogP contribution in [-0.2, 0) is 37.4 Å². The van der Waals surface area contributed by atoms with E-state index in [1.54, 1.807) is 20.8 Å². The van der Waals surface area contributed by atoms with Crippen molar-refractivity contribution in [1.29, 1.82) is 5.41 Å². The summed E-state index contributed by atoms with van der Waals surface area (Å²) in [6, 6.07) is -1.12. The minimum atomic E-state index is -4.66. The Kier molecular flexibility index (Phi) is 25.9. The van der Waals surface area contributed by atoms with Gasteiger partial charge in [-0.2, -0.15) is 0 Å². The molecule has 0 aliphatic heterocycles. The Hall–Kier alpha value is -2.57. The molecule has 0 saturated carbocycles. The van der Waals surface area contributed by atoms with Crippen molar-refractivity contribution in [1.82, 2.24) is 9.99 Å². The van der Waals surface area contributed by atoms with E-state index in [-0.39, 0.29) is 32.5 Å². The number of likely N-dealkylation sites (N-methyl/N-ethyl adjacent to an activating group) is 1. The van der Waals surface area contributed by atoms with Crippen LogP contribution in [0.5, 0.6) is 0 Å². The molecule has 0 aliphatic rings. The van der Waals surface area contributed by atoms with E-state index in [1.807, 2.05) is 0 Å². The lowest BCUT2D eigenvalue weighted by atomic mass is 10.1. The van der Waals surface area contributed by atoms with E-state index in [1.165, 1.54) is 7.05 Å². The second-order valence-electron chi connectivity index (χ2n) is 11.4. The molecule has 0 rings (SSSR count). The summed E-state index contributed by atoms with van der Waals surface area (Å²) in [5, 5.41) is 20.4. The monoisotopic (exact) mass is 695 g/mol. The first kappa shape index (κ1) is 44.4. The first-order chi connectivity index (χ1) is 22.5. The first-order valence-electron chi connectivity index (χ1n) is 17.4. The number of nitrogens with zero attached hydrogens (tertiary/aromatic N) is 1. The number of unbranched alkanes of at least 4 members (excludes halogenated alkanes) is 10. The minimum Gasteiger partial charge on any atom is -0.480 e. The molecule has 3 unspecified atom stereocenters. The maximum absolute atomic E-state index is 14.2. The Morgan fingerprint density at radius 3 is 1.47 bits per heavy atom. The van der Waals surface area contributed by atoms with Gasteiger partial charge < -0.3 is 29.0 Å². The van der Waals surface area contributed by atoms with Gasteiger partial charge in [-0.1, -0.05) is 112 Å². The Morgan fingerprint density at radius 1 is 0.702 bits per heavy atom. The number of carbonyl (C=O) groups is 3. The van der Waals surface area contributed by atoms with Gasteiger partial charge in [0.05, 0.1) is 13.2 Å². The van der Waals surface area contributed by atoms with Gasteiger partial charge in [-0.25, -0.2) is 18.9 Å².